The van der Waals surface area contributed by atoms with Crippen molar-refractivity contribution in [3.8, 4) is 11.4 Å². The third-order valence-corrected chi connectivity index (χ3v) is 4.11. The largest absolute Gasteiger partial charge is 0.357 e. The molecule has 0 saturated carbocycles. The van der Waals surface area contributed by atoms with E-state index in [0.717, 1.165) is 35.5 Å². The van der Waals surface area contributed by atoms with Crippen molar-refractivity contribution in [3.63, 3.8) is 0 Å². The minimum atomic E-state index is -0.0418. The Morgan fingerprint density at radius 2 is 1.77 bits per heavy atom. The van der Waals surface area contributed by atoms with Crippen molar-refractivity contribution in [2.75, 3.05) is 13.1 Å². The van der Waals surface area contributed by atoms with Crippen molar-refractivity contribution >= 4 is 25.2 Å². The molecule has 8 heteroatoms. The predicted molar refractivity (Wildman–Crippen MR) is 124 cm³/mol. The number of amides is 1. The minimum absolute atomic E-state index is 0.0418. The van der Waals surface area contributed by atoms with Crippen LogP contribution in [0, 0.1) is 6.92 Å². The van der Waals surface area contributed by atoms with Gasteiger partial charge in [0.2, 0.25) is 5.91 Å². The van der Waals surface area contributed by atoms with E-state index in [9.17, 15) is 4.79 Å². The molecule has 8 nitrogen and oxygen atoms in total. The molecule has 0 bridgehead atoms. The van der Waals surface area contributed by atoms with Gasteiger partial charge in [-0.15, -0.1) is 0 Å². The van der Waals surface area contributed by atoms with Gasteiger partial charge in [0.1, 0.15) is 13.6 Å². The zero-order chi connectivity index (χ0) is 23.8. The van der Waals surface area contributed by atoms with Crippen LogP contribution in [0.3, 0.4) is 0 Å². The smallest absolute Gasteiger partial charge is 0.248 e. The maximum Gasteiger partial charge on any atom is 0.248 e. The molecule has 31 heavy (non-hydrogen) atoms. The summed E-state index contributed by atoms with van der Waals surface area (Å²) in [5.41, 5.74) is 9.93. The molecule has 1 aliphatic heterocycles. The van der Waals surface area contributed by atoms with E-state index in [1.54, 1.807) is 6.20 Å². The summed E-state index contributed by atoms with van der Waals surface area (Å²) >= 11 is 0. The number of nitrogens with two attached hydrogens (primary N) is 1. The first-order chi connectivity index (χ1) is 15.0. The lowest BCUT2D eigenvalue weighted by molar-refractivity contribution is -0.117. The molecule has 4 N–H and O–H groups in total. The average Bonchev–Trinajstić information content (AvgIpc) is 2.80. The zero-order valence-electron chi connectivity index (χ0n) is 18.4. The Morgan fingerprint density at radius 3 is 2.39 bits per heavy atom. The Kier molecular flexibility index (Phi) is 13.4. The van der Waals surface area contributed by atoms with Crippen LogP contribution in [-0.4, -0.2) is 42.5 Å². The van der Waals surface area contributed by atoms with Gasteiger partial charge in [-0.1, -0.05) is 37.8 Å². The molecule has 0 atom stereocenters. The molecule has 3 rings (SSSR count). The van der Waals surface area contributed by atoms with E-state index in [0.29, 0.717) is 23.6 Å². The fourth-order valence-corrected chi connectivity index (χ4v) is 2.64. The number of nitrogens with one attached hydrogen (secondary N) is 2. The van der Waals surface area contributed by atoms with Crippen molar-refractivity contribution in [1.82, 2.24) is 20.6 Å². The van der Waals surface area contributed by atoms with Crippen LogP contribution in [0.25, 0.3) is 17.1 Å². The lowest BCUT2D eigenvalue weighted by Gasteiger charge is -2.20. The molecule has 0 fully saturated rings. The average molecular weight is 426 g/mol. The van der Waals surface area contributed by atoms with Crippen LogP contribution in [0.2, 0.25) is 0 Å². The molecule has 0 radical (unpaired) electrons. The molecule has 1 aromatic heterocycles. The molecule has 0 aliphatic carbocycles. The number of hydrogen-bond donors (Lipinski definition) is 3. The molecule has 0 unspecified atom stereocenters. The van der Waals surface area contributed by atoms with Crippen LogP contribution in [-0.2, 0) is 14.4 Å². The molecule has 1 aliphatic rings. The quantitative estimate of drug-likeness (QED) is 0.686. The molecule has 1 aromatic carbocycles. The number of benzene rings is 1. The van der Waals surface area contributed by atoms with E-state index in [1.807, 2.05) is 64.7 Å². The third kappa shape index (κ3) is 8.31. The first kappa shape index (κ1) is 27.4. The summed E-state index contributed by atoms with van der Waals surface area (Å²) in [5, 5.41) is 6.06. The summed E-state index contributed by atoms with van der Waals surface area (Å²) in [6, 6.07) is 9.82. The summed E-state index contributed by atoms with van der Waals surface area (Å²) in [7, 11) is 0. The first-order valence-corrected chi connectivity index (χ1v) is 9.59. The van der Waals surface area contributed by atoms with Crippen LogP contribution in [0.15, 0.2) is 54.4 Å². The highest BCUT2D eigenvalue weighted by atomic mass is 16.1. The van der Waals surface area contributed by atoms with E-state index in [4.69, 9.17) is 15.3 Å². The van der Waals surface area contributed by atoms with Crippen molar-refractivity contribution < 1.29 is 14.4 Å². The minimum Gasteiger partial charge on any atom is -0.357 e. The van der Waals surface area contributed by atoms with E-state index in [1.165, 1.54) is 0 Å². The van der Waals surface area contributed by atoms with Gasteiger partial charge in [-0.05, 0) is 32.0 Å². The van der Waals surface area contributed by atoms with Gasteiger partial charge >= 0.3 is 0 Å². The van der Waals surface area contributed by atoms with Crippen LogP contribution in [0.5, 0.6) is 0 Å². The number of hydrogen-bond acceptors (Lipinski definition) is 7. The second-order valence-corrected chi connectivity index (χ2v) is 6.20. The molecule has 166 valence electrons. The summed E-state index contributed by atoms with van der Waals surface area (Å²) in [6.45, 7) is 15.2. The predicted octanol–water partition coefficient (Wildman–Crippen LogP) is 2.40. The maximum absolute atomic E-state index is 11.7. The molecule has 0 spiro atoms. The first-order valence-electron chi connectivity index (χ1n) is 9.59. The Morgan fingerprint density at radius 1 is 1.16 bits per heavy atom. The van der Waals surface area contributed by atoms with E-state index in [-0.39, 0.29) is 5.91 Å². The topological polar surface area (TPSA) is 127 Å². The van der Waals surface area contributed by atoms with Crippen LogP contribution < -0.4 is 16.4 Å². The number of aryl methyl sites for hydroxylation is 1. The Bertz CT molecular complexity index is 894. The van der Waals surface area contributed by atoms with E-state index < -0.39 is 0 Å². The summed E-state index contributed by atoms with van der Waals surface area (Å²) in [6.07, 6.45) is 2.48. The van der Waals surface area contributed by atoms with Crippen molar-refractivity contribution in [1.29, 1.82) is 0 Å². The second kappa shape index (κ2) is 15.2. The fourth-order valence-electron chi connectivity index (χ4n) is 2.64. The highest BCUT2D eigenvalue weighted by molar-refractivity contribution is 5.94. The monoisotopic (exact) mass is 425 g/mol. The van der Waals surface area contributed by atoms with E-state index in [2.05, 4.69) is 27.2 Å². The molecule has 1 amide bonds. The number of carbonyl (C=O) groups excluding carboxylic acids is 3. The van der Waals surface area contributed by atoms with Crippen LogP contribution in [0.4, 0.5) is 0 Å². The van der Waals surface area contributed by atoms with Gasteiger partial charge in [-0.3, -0.25) is 4.79 Å². The van der Waals surface area contributed by atoms with Gasteiger partial charge in [0.15, 0.2) is 5.82 Å². The van der Waals surface area contributed by atoms with Gasteiger partial charge < -0.3 is 26.0 Å². The molecular formula is C23H31N5O3. The Balaban J connectivity index is 0.00000116. The standard InChI is InChI=1S/C19H20N4O.C2H7N.2CH2O/c1-12-6-4-5-7-15(12)18-20-10-9-17(23-18)14(3)22-16-8-11-21-19(24)13(16)2;1-2-3;2*1-2/h4-7,9-10,22H,3,8,11H2,1-2H3,(H,21,24);2-3H2,1H3;2*1H2. The Hall–Kier alpha value is -3.65. The lowest BCUT2D eigenvalue weighted by atomic mass is 10.1. The molecule has 2 aromatic rings. The molecule has 0 saturated heterocycles. The number of nitrogens with zero attached hydrogens (tertiary/aromatic N) is 2. The highest BCUT2D eigenvalue weighted by Crippen LogP contribution is 2.21. The summed E-state index contributed by atoms with van der Waals surface area (Å²) < 4.78 is 0. The summed E-state index contributed by atoms with van der Waals surface area (Å²) in [4.78, 5) is 36.7. The van der Waals surface area contributed by atoms with Crippen LogP contribution in [0.1, 0.15) is 31.5 Å². The van der Waals surface area contributed by atoms with Crippen molar-refractivity contribution in [2.45, 2.75) is 27.2 Å². The Labute approximate surface area is 183 Å². The van der Waals surface area contributed by atoms with Crippen molar-refractivity contribution in [3.05, 3.63) is 65.6 Å². The number of aromatic nitrogens is 2. The van der Waals surface area contributed by atoms with Gasteiger partial charge in [0, 0.05) is 36.0 Å². The lowest BCUT2D eigenvalue weighted by Crippen LogP contribution is -2.34. The van der Waals surface area contributed by atoms with E-state index >= 15 is 0 Å². The normalized spacial score (nSPS) is 11.9. The van der Waals surface area contributed by atoms with Crippen molar-refractivity contribution in [2.24, 2.45) is 5.73 Å². The number of rotatable bonds is 4. The fraction of sp³-hybridized carbons (Fsp3) is 0.261. The van der Waals surface area contributed by atoms with Gasteiger partial charge in [0.25, 0.3) is 0 Å². The highest BCUT2D eigenvalue weighted by Gasteiger charge is 2.17. The number of carbonyl (C=O) groups is 3. The van der Waals surface area contributed by atoms with Crippen LogP contribution >= 0.6 is 0 Å². The third-order valence-electron chi connectivity index (χ3n) is 4.11. The summed E-state index contributed by atoms with van der Waals surface area (Å²) in [5.74, 6) is 0.625. The van der Waals surface area contributed by atoms with Gasteiger partial charge in [0.05, 0.1) is 11.4 Å². The van der Waals surface area contributed by atoms with Gasteiger partial charge in [-0.2, -0.15) is 0 Å². The second-order valence-electron chi connectivity index (χ2n) is 6.20. The molecular weight excluding hydrogens is 394 g/mol. The van der Waals surface area contributed by atoms with Gasteiger partial charge in [-0.25, -0.2) is 9.97 Å². The zero-order valence-corrected chi connectivity index (χ0v) is 18.4. The molecule has 2 heterocycles. The maximum atomic E-state index is 11.7. The SMILES string of the molecule is C=C(NC1=C(C)C(=O)NCC1)c1ccnc(-c2ccccc2C)n1.C=O.C=O.CCN.